The lowest BCUT2D eigenvalue weighted by molar-refractivity contribution is 0.0896. The van der Waals surface area contributed by atoms with Crippen LogP contribution in [0.15, 0.2) is 11.0 Å². The third-order valence-corrected chi connectivity index (χ3v) is 5.59. The molecule has 1 aliphatic carbocycles. The standard InChI is InChI=1S/C12H13Cl3N2O3S/c1-5-2-6(3-5)17-12(18)9-10(14)7(13)4-8(11(9)15)21(16,19)20/h4-6H,2-3H2,1H3,(H,17,18)(H2,16,19,20). The Bertz CT molecular complexity index is 700. The van der Waals surface area contributed by atoms with Crippen LogP contribution in [0.3, 0.4) is 0 Å². The Hall–Kier alpha value is -0.530. The molecule has 1 saturated carbocycles. The van der Waals surface area contributed by atoms with Crippen LogP contribution < -0.4 is 10.5 Å². The minimum Gasteiger partial charge on any atom is -0.349 e. The monoisotopic (exact) mass is 370 g/mol. The number of carbonyl (C=O) groups excluding carboxylic acids is 1. The van der Waals surface area contributed by atoms with E-state index in [1.54, 1.807) is 0 Å². The summed E-state index contributed by atoms with van der Waals surface area (Å²) in [5, 5.41) is 7.28. The summed E-state index contributed by atoms with van der Waals surface area (Å²) in [6, 6.07) is 1.06. The Morgan fingerprint density at radius 2 is 1.86 bits per heavy atom. The molecule has 1 amide bonds. The summed E-state index contributed by atoms with van der Waals surface area (Å²) < 4.78 is 23.0. The van der Waals surface area contributed by atoms with Gasteiger partial charge in [-0.2, -0.15) is 0 Å². The second-order valence-corrected chi connectivity index (χ2v) is 7.84. The molecule has 0 unspecified atom stereocenters. The fourth-order valence-electron chi connectivity index (χ4n) is 2.26. The summed E-state index contributed by atoms with van der Waals surface area (Å²) in [6.07, 6.45) is 1.70. The summed E-state index contributed by atoms with van der Waals surface area (Å²) in [6.45, 7) is 2.07. The normalized spacial score (nSPS) is 21.8. The molecule has 1 aromatic carbocycles. The van der Waals surface area contributed by atoms with Gasteiger partial charge in [-0.05, 0) is 24.8 Å². The van der Waals surface area contributed by atoms with Crippen LogP contribution in [0.25, 0.3) is 0 Å². The van der Waals surface area contributed by atoms with E-state index >= 15 is 0 Å². The van der Waals surface area contributed by atoms with Crippen molar-refractivity contribution >= 4 is 50.7 Å². The number of hydrogen-bond donors (Lipinski definition) is 2. The number of nitrogens with two attached hydrogens (primary N) is 1. The smallest absolute Gasteiger partial charge is 0.254 e. The lowest BCUT2D eigenvalue weighted by Crippen LogP contribution is -2.43. The van der Waals surface area contributed by atoms with Crippen molar-refractivity contribution in [2.45, 2.75) is 30.7 Å². The van der Waals surface area contributed by atoms with E-state index in [0.717, 1.165) is 18.9 Å². The average molecular weight is 372 g/mol. The zero-order valence-corrected chi connectivity index (χ0v) is 14.1. The predicted molar refractivity (Wildman–Crippen MR) is 82.5 cm³/mol. The van der Waals surface area contributed by atoms with Gasteiger partial charge in [-0.15, -0.1) is 0 Å². The van der Waals surface area contributed by atoms with Crippen LogP contribution in [-0.4, -0.2) is 20.4 Å². The largest absolute Gasteiger partial charge is 0.349 e. The van der Waals surface area contributed by atoms with Gasteiger partial charge in [-0.25, -0.2) is 13.6 Å². The molecule has 2 rings (SSSR count). The number of primary sulfonamides is 1. The van der Waals surface area contributed by atoms with Gasteiger partial charge in [-0.3, -0.25) is 4.79 Å². The first-order valence-electron chi connectivity index (χ1n) is 6.12. The highest BCUT2D eigenvalue weighted by atomic mass is 35.5. The molecule has 0 heterocycles. The second kappa shape index (κ2) is 5.93. The molecule has 3 N–H and O–H groups in total. The van der Waals surface area contributed by atoms with Crippen molar-refractivity contribution in [2.75, 3.05) is 0 Å². The highest BCUT2D eigenvalue weighted by Gasteiger charge is 2.30. The van der Waals surface area contributed by atoms with E-state index in [0.29, 0.717) is 5.92 Å². The highest BCUT2D eigenvalue weighted by Crippen LogP contribution is 2.37. The van der Waals surface area contributed by atoms with Crippen LogP contribution in [0.5, 0.6) is 0 Å². The van der Waals surface area contributed by atoms with Crippen molar-refractivity contribution in [1.29, 1.82) is 0 Å². The maximum Gasteiger partial charge on any atom is 0.254 e. The molecule has 9 heteroatoms. The molecule has 5 nitrogen and oxygen atoms in total. The van der Waals surface area contributed by atoms with Gasteiger partial charge in [0.15, 0.2) is 0 Å². The molecular weight excluding hydrogens is 359 g/mol. The van der Waals surface area contributed by atoms with Gasteiger partial charge in [0.25, 0.3) is 5.91 Å². The number of nitrogens with one attached hydrogen (secondary N) is 1. The summed E-state index contributed by atoms with van der Waals surface area (Å²) in [5.41, 5.74) is -0.172. The number of carbonyl (C=O) groups is 1. The number of sulfonamides is 1. The second-order valence-electron chi connectivity index (χ2n) is 5.15. The van der Waals surface area contributed by atoms with Crippen LogP contribution in [-0.2, 0) is 10.0 Å². The number of rotatable bonds is 3. The van der Waals surface area contributed by atoms with Crippen LogP contribution in [0.4, 0.5) is 0 Å². The molecule has 1 aromatic rings. The minimum absolute atomic E-state index is 0.0246. The van der Waals surface area contributed by atoms with Crippen LogP contribution in [0.1, 0.15) is 30.1 Å². The first kappa shape index (κ1) is 16.8. The molecule has 0 saturated heterocycles. The number of halogens is 3. The fraction of sp³-hybridized carbons (Fsp3) is 0.417. The van der Waals surface area contributed by atoms with Crippen LogP contribution in [0.2, 0.25) is 15.1 Å². The maximum absolute atomic E-state index is 12.3. The summed E-state index contributed by atoms with van der Waals surface area (Å²) >= 11 is 17.8. The van der Waals surface area contributed by atoms with Crippen molar-refractivity contribution in [1.82, 2.24) is 5.32 Å². The maximum atomic E-state index is 12.3. The molecule has 1 fully saturated rings. The molecule has 0 radical (unpaired) electrons. The fourth-order valence-corrected chi connectivity index (χ4v) is 4.01. The van der Waals surface area contributed by atoms with E-state index in [2.05, 4.69) is 12.2 Å². The Labute approximate surface area is 137 Å². The van der Waals surface area contributed by atoms with E-state index in [9.17, 15) is 13.2 Å². The summed E-state index contributed by atoms with van der Waals surface area (Å²) in [7, 11) is -4.11. The summed E-state index contributed by atoms with van der Waals surface area (Å²) in [4.78, 5) is 11.8. The average Bonchev–Trinajstić information content (AvgIpc) is 2.30. The molecule has 1 aliphatic rings. The van der Waals surface area contributed by atoms with E-state index in [1.807, 2.05) is 0 Å². The molecular formula is C12H13Cl3N2O3S. The first-order chi connectivity index (χ1) is 9.61. The lowest BCUT2D eigenvalue weighted by Gasteiger charge is -2.33. The van der Waals surface area contributed by atoms with Crippen molar-refractivity contribution in [3.63, 3.8) is 0 Å². The molecule has 116 valence electrons. The van der Waals surface area contributed by atoms with Crippen molar-refractivity contribution in [3.8, 4) is 0 Å². The number of benzene rings is 1. The van der Waals surface area contributed by atoms with Crippen molar-refractivity contribution in [3.05, 3.63) is 26.7 Å². The van der Waals surface area contributed by atoms with Gasteiger partial charge in [0.05, 0.1) is 20.6 Å². The SMILES string of the molecule is CC1CC(NC(=O)c2c(Cl)c(Cl)cc(S(N)(=O)=O)c2Cl)C1. The molecule has 0 spiro atoms. The molecule has 21 heavy (non-hydrogen) atoms. The van der Waals surface area contributed by atoms with E-state index < -0.39 is 20.8 Å². The Morgan fingerprint density at radius 1 is 1.29 bits per heavy atom. The predicted octanol–water partition coefficient (Wildman–Crippen LogP) is 2.82. The van der Waals surface area contributed by atoms with Gasteiger partial charge < -0.3 is 5.32 Å². The van der Waals surface area contributed by atoms with E-state index in [-0.39, 0.29) is 26.7 Å². The highest BCUT2D eigenvalue weighted by molar-refractivity contribution is 7.89. The lowest BCUT2D eigenvalue weighted by atomic mass is 9.82. The Morgan fingerprint density at radius 3 is 2.33 bits per heavy atom. The molecule has 0 bridgehead atoms. The zero-order valence-electron chi connectivity index (χ0n) is 11.0. The molecule has 0 aliphatic heterocycles. The number of hydrogen-bond acceptors (Lipinski definition) is 3. The van der Waals surface area contributed by atoms with Gasteiger partial charge in [0.1, 0.15) is 4.90 Å². The van der Waals surface area contributed by atoms with Gasteiger partial charge in [-0.1, -0.05) is 41.7 Å². The molecule has 0 atom stereocenters. The molecule has 0 aromatic heterocycles. The first-order valence-corrected chi connectivity index (χ1v) is 8.80. The Balaban J connectivity index is 2.42. The van der Waals surface area contributed by atoms with Crippen LogP contribution in [0, 0.1) is 5.92 Å². The minimum atomic E-state index is -4.11. The van der Waals surface area contributed by atoms with Gasteiger partial charge in [0, 0.05) is 6.04 Å². The summed E-state index contributed by atoms with van der Waals surface area (Å²) in [5.74, 6) is -0.0186. The topological polar surface area (TPSA) is 89.3 Å². The van der Waals surface area contributed by atoms with Gasteiger partial charge >= 0.3 is 0 Å². The van der Waals surface area contributed by atoms with E-state index in [1.165, 1.54) is 0 Å². The van der Waals surface area contributed by atoms with Gasteiger partial charge in [0.2, 0.25) is 10.0 Å². The van der Waals surface area contributed by atoms with Crippen LogP contribution >= 0.6 is 34.8 Å². The zero-order chi connectivity index (χ0) is 15.9. The third kappa shape index (κ3) is 3.46. The van der Waals surface area contributed by atoms with Crippen molar-refractivity contribution in [2.24, 2.45) is 11.1 Å². The van der Waals surface area contributed by atoms with E-state index in [4.69, 9.17) is 39.9 Å². The quantitative estimate of drug-likeness (QED) is 0.801. The number of amides is 1. The third-order valence-electron chi connectivity index (χ3n) is 3.37. The Kier molecular flexibility index (Phi) is 4.75. The van der Waals surface area contributed by atoms with Crippen molar-refractivity contribution < 1.29 is 13.2 Å².